The lowest BCUT2D eigenvalue weighted by Gasteiger charge is -2.34. The molecule has 0 saturated heterocycles. The van der Waals surface area contributed by atoms with E-state index in [1.165, 1.54) is 36.4 Å². The van der Waals surface area contributed by atoms with Crippen LogP contribution in [0.5, 0.6) is 34.5 Å². The number of quaternary nitrogens is 1. The normalized spacial score (nSPS) is 14.0. The predicted octanol–water partition coefficient (Wildman–Crippen LogP) is 5.87. The Kier molecular flexibility index (Phi) is 32.8. The summed E-state index contributed by atoms with van der Waals surface area (Å²) in [4.78, 5) is 67.3. The monoisotopic (exact) mass is 1440 g/mol. The van der Waals surface area contributed by atoms with E-state index in [1.54, 1.807) is 36.4 Å². The molecule has 3 heterocycles. The summed E-state index contributed by atoms with van der Waals surface area (Å²) in [5.41, 5.74) is 5.91. The van der Waals surface area contributed by atoms with Gasteiger partial charge in [-0.3, -0.25) is 14.4 Å². The van der Waals surface area contributed by atoms with Crippen molar-refractivity contribution in [3.8, 4) is 34.5 Å². The van der Waals surface area contributed by atoms with Gasteiger partial charge in [-0.1, -0.05) is 18.2 Å². The lowest BCUT2D eigenvalue weighted by molar-refractivity contribution is -0.909. The van der Waals surface area contributed by atoms with E-state index in [1.807, 2.05) is 61.6 Å². The number of aliphatic hydroxyl groups excluding tert-OH is 3. The Hall–Kier alpha value is -9.05. The quantitative estimate of drug-likeness (QED) is 0.0235. The van der Waals surface area contributed by atoms with E-state index in [9.17, 15) is 44.1 Å². The Morgan fingerprint density at radius 3 is 0.873 bits per heavy atom. The maximum absolute atomic E-state index is 11.4. The van der Waals surface area contributed by atoms with E-state index in [2.05, 4.69) is 94.2 Å². The van der Waals surface area contributed by atoms with Crippen LogP contribution in [0.4, 0.5) is 17.1 Å². The van der Waals surface area contributed by atoms with Gasteiger partial charge in [0.15, 0.2) is 0 Å². The number of likely N-dealkylation sites (N-methyl/N-ethyl adjacent to an activating group) is 1. The minimum Gasteiger partial charge on any atom is -1.00 e. The standard InChI is InChI=1S/C28H29NO9.3C16H24N2O3.ClH/c1-29(14-17-36-23-8-2-20(3-9-23)26(30)31,15-18-37-24-10-4-21(5-11-24)27(32)33)16-19-38-25-12-6-22(7-13-25)28(34)35;3*1-16(2,3)17-9-11(19)10-21-14-6-4-5-13-12(14)7-8-15(20)18-13;/h2-13H,14-19H2,1H3,(H2-,30,31,32,33,34,35);3*4-6,11,17,19H,7-10H2,1-3H3,(H,18,20);1H. The molecule has 3 aliphatic heterocycles. The van der Waals surface area contributed by atoms with Gasteiger partial charge >= 0.3 is 17.9 Å². The van der Waals surface area contributed by atoms with Crippen LogP contribution in [0.15, 0.2) is 127 Å². The summed E-state index contributed by atoms with van der Waals surface area (Å²) in [6.45, 7) is 23.5. The van der Waals surface area contributed by atoms with Crippen LogP contribution in [-0.4, -0.2) is 192 Å². The highest BCUT2D eigenvalue weighted by molar-refractivity contribution is 5.96. The van der Waals surface area contributed by atoms with Gasteiger partial charge in [0.2, 0.25) is 17.7 Å². The molecule has 0 radical (unpaired) electrons. The van der Waals surface area contributed by atoms with Crippen LogP contribution in [0.1, 0.15) is 129 Å². The molecular weight excluding hydrogens is 1330 g/mol. The highest BCUT2D eigenvalue weighted by atomic mass is 35.5. The fourth-order valence-corrected chi connectivity index (χ4v) is 10.2. The van der Waals surface area contributed by atoms with Crippen LogP contribution in [0.2, 0.25) is 0 Å². The molecule has 6 aromatic carbocycles. The van der Waals surface area contributed by atoms with E-state index in [4.69, 9.17) is 43.7 Å². The first-order valence-corrected chi connectivity index (χ1v) is 33.9. The largest absolute Gasteiger partial charge is 1.00 e. The third kappa shape index (κ3) is 30.3. The Labute approximate surface area is 603 Å². The highest BCUT2D eigenvalue weighted by Crippen LogP contribution is 2.34. The molecule has 9 rings (SSSR count). The van der Waals surface area contributed by atoms with Crippen molar-refractivity contribution in [1.29, 1.82) is 0 Å². The number of ether oxygens (including phenoxy) is 6. The van der Waals surface area contributed by atoms with Gasteiger partial charge in [0, 0.05) is 89.3 Å². The number of carboxylic acids is 3. The summed E-state index contributed by atoms with van der Waals surface area (Å²) in [5, 5.41) is 75.3. The summed E-state index contributed by atoms with van der Waals surface area (Å²) >= 11 is 0. The van der Waals surface area contributed by atoms with E-state index in [0.717, 1.165) is 51.0 Å². The van der Waals surface area contributed by atoms with E-state index >= 15 is 0 Å². The van der Waals surface area contributed by atoms with Gasteiger partial charge in [0.05, 0.1) is 23.7 Å². The number of nitrogens with one attached hydrogen (secondary N) is 6. The molecule has 26 heteroatoms. The van der Waals surface area contributed by atoms with Crippen LogP contribution in [-0.2, 0) is 33.6 Å². The number of benzene rings is 6. The average Bonchev–Trinajstić information content (AvgIpc) is 0.832. The number of nitrogens with zero attached hydrogens (tertiary/aromatic N) is 1. The second-order valence-electron chi connectivity index (χ2n) is 28.1. The van der Waals surface area contributed by atoms with Gasteiger partial charge in [-0.15, -0.1) is 0 Å². The third-order valence-corrected chi connectivity index (χ3v) is 15.9. The van der Waals surface area contributed by atoms with E-state index in [-0.39, 0.29) is 83.3 Å². The molecule has 25 nitrogen and oxygen atoms in total. The maximum atomic E-state index is 11.4. The van der Waals surface area contributed by atoms with Crippen molar-refractivity contribution in [2.24, 2.45) is 0 Å². The average molecular weight is 1440 g/mol. The van der Waals surface area contributed by atoms with Crippen LogP contribution >= 0.6 is 0 Å². The van der Waals surface area contributed by atoms with Crippen LogP contribution in [0.3, 0.4) is 0 Å². The zero-order valence-electron chi connectivity index (χ0n) is 60.0. The van der Waals surface area contributed by atoms with Gasteiger partial charge in [-0.25, -0.2) is 14.4 Å². The smallest absolute Gasteiger partial charge is 0.335 e. The molecule has 3 unspecified atom stereocenters. The molecule has 3 amide bonds. The number of halogens is 1. The highest BCUT2D eigenvalue weighted by Gasteiger charge is 2.26. The first-order valence-electron chi connectivity index (χ1n) is 33.9. The van der Waals surface area contributed by atoms with Gasteiger partial charge < -0.3 is 108 Å². The molecule has 12 N–H and O–H groups in total. The molecular formula is C76H102ClN7O18. The number of carbonyl (C=O) groups is 6. The molecule has 0 spiro atoms. The number of hydrogen-bond donors (Lipinski definition) is 12. The molecule has 0 saturated carbocycles. The number of aliphatic hydroxyl groups is 3. The van der Waals surface area contributed by atoms with Crippen molar-refractivity contribution in [3.63, 3.8) is 0 Å². The van der Waals surface area contributed by atoms with Crippen LogP contribution in [0.25, 0.3) is 0 Å². The Bertz CT molecular complexity index is 3290. The zero-order chi connectivity index (χ0) is 73.9. The molecule has 0 fully saturated rings. The van der Waals surface area contributed by atoms with Gasteiger partial charge in [0.25, 0.3) is 0 Å². The zero-order valence-corrected chi connectivity index (χ0v) is 60.7. The van der Waals surface area contributed by atoms with Crippen molar-refractivity contribution in [3.05, 3.63) is 161 Å². The SMILES string of the molecule is CC(C)(C)NCC(O)COc1cccc2c1CCC(=O)N2.CC(C)(C)NCC(O)COc1cccc2c1CCC(=O)N2.CC(C)(C)NCC(O)COc1cccc2c1CCC(=O)N2.C[N+](CCOc1ccc(C(=O)O)cc1)(CCOc1ccc(C(=O)O)cc1)CCOc1ccc(C(=O)O)cc1.[Cl-]. The summed E-state index contributed by atoms with van der Waals surface area (Å²) in [6.07, 6.45) is 1.73. The van der Waals surface area contributed by atoms with Crippen molar-refractivity contribution < 1.29 is 105 Å². The number of carboxylic acid groups (broad SMARTS) is 3. The van der Waals surface area contributed by atoms with Crippen molar-refractivity contribution in [2.75, 3.05) is 102 Å². The first-order chi connectivity index (χ1) is 47.7. The Morgan fingerprint density at radius 1 is 0.402 bits per heavy atom. The van der Waals surface area contributed by atoms with Crippen LogP contribution < -0.4 is 72.7 Å². The Morgan fingerprint density at radius 2 is 0.647 bits per heavy atom. The molecule has 0 aromatic heterocycles. The molecule has 3 aliphatic rings. The van der Waals surface area contributed by atoms with E-state index < -0.39 is 36.2 Å². The number of carbonyl (C=O) groups excluding carboxylic acids is 3. The number of anilines is 3. The summed E-state index contributed by atoms with van der Waals surface area (Å²) in [7, 11) is 2.03. The van der Waals surface area contributed by atoms with Crippen molar-refractivity contribution in [2.45, 2.75) is 136 Å². The number of hydrogen-bond acceptors (Lipinski definition) is 18. The Balaban J connectivity index is 0.000000254. The lowest BCUT2D eigenvalue weighted by atomic mass is 10.0. The summed E-state index contributed by atoms with van der Waals surface area (Å²) in [6, 6.07) is 35.4. The molecule has 102 heavy (non-hydrogen) atoms. The summed E-state index contributed by atoms with van der Waals surface area (Å²) < 4.78 is 35.2. The maximum Gasteiger partial charge on any atom is 0.335 e. The second-order valence-corrected chi connectivity index (χ2v) is 28.1. The topological polar surface area (TPSA) is 351 Å². The van der Waals surface area contributed by atoms with E-state index in [0.29, 0.717) is 119 Å². The van der Waals surface area contributed by atoms with Crippen LogP contribution in [0, 0.1) is 0 Å². The molecule has 0 aliphatic carbocycles. The predicted molar refractivity (Wildman–Crippen MR) is 385 cm³/mol. The fourth-order valence-electron chi connectivity index (χ4n) is 10.2. The third-order valence-electron chi connectivity index (χ3n) is 15.9. The second kappa shape index (κ2) is 40.0. The molecule has 3 atom stereocenters. The number of aromatic carboxylic acids is 3. The molecule has 6 aromatic rings. The minimum atomic E-state index is -1.00. The van der Waals surface area contributed by atoms with Crippen molar-refractivity contribution in [1.82, 2.24) is 16.0 Å². The summed E-state index contributed by atoms with van der Waals surface area (Å²) in [5.74, 6) is 0.996. The minimum absolute atomic E-state index is 0. The number of amides is 3. The first kappa shape index (κ1) is 83.6. The fraction of sp³-hybridized carbons (Fsp3) is 0.447. The lowest BCUT2D eigenvalue weighted by Crippen LogP contribution is -3.00. The van der Waals surface area contributed by atoms with Crippen molar-refractivity contribution >= 4 is 52.7 Å². The molecule has 556 valence electrons. The number of fused-ring (bicyclic) bond motifs is 3. The van der Waals surface area contributed by atoms with Gasteiger partial charge in [-0.2, -0.15) is 0 Å². The molecule has 0 bridgehead atoms. The number of rotatable bonds is 30. The van der Waals surface area contributed by atoms with Gasteiger partial charge in [-0.05, 0) is 191 Å². The number of β-amino-alcohol motifs (C(OH)–C–C–N with tert-alkyl or cyclic N) is 3. The van der Waals surface area contributed by atoms with Gasteiger partial charge in [0.1, 0.15) is 112 Å².